The largest absolute Gasteiger partial charge is 0.385 e. The Morgan fingerprint density at radius 2 is 1.97 bits per heavy atom. The van der Waals surface area contributed by atoms with Crippen LogP contribution in [0.1, 0.15) is 70.3 Å². The van der Waals surface area contributed by atoms with E-state index in [9.17, 15) is 9.90 Å². The highest BCUT2D eigenvalue weighted by atomic mass is 35.5. The highest BCUT2D eigenvalue weighted by molar-refractivity contribution is 6.33. The van der Waals surface area contributed by atoms with Gasteiger partial charge in [-0.3, -0.25) is 4.79 Å². The molecule has 4 aliphatic rings. The first-order valence-electron chi connectivity index (χ1n) is 12.5. The van der Waals surface area contributed by atoms with Gasteiger partial charge in [-0.2, -0.15) is 0 Å². The number of benzene rings is 1. The average molecular weight is 466 g/mol. The lowest BCUT2D eigenvalue weighted by molar-refractivity contribution is -0.114. The summed E-state index contributed by atoms with van der Waals surface area (Å²) in [6.07, 6.45) is 12.4. The molecule has 0 spiro atoms. The summed E-state index contributed by atoms with van der Waals surface area (Å²) in [5.74, 6) is 1.44. The number of ketones is 1. The number of hydrogen-bond donors (Lipinski definition) is 1. The summed E-state index contributed by atoms with van der Waals surface area (Å²) >= 11 is 6.55. The Labute approximate surface area is 203 Å². The number of allylic oxidation sites excluding steroid dienone is 5. The second-order valence-corrected chi connectivity index (χ2v) is 11.5. The lowest BCUT2D eigenvalue weighted by Crippen LogP contribution is -2.50. The molecule has 0 aliphatic heterocycles. The van der Waals surface area contributed by atoms with Gasteiger partial charge in [0.2, 0.25) is 0 Å². The maximum absolute atomic E-state index is 12.2. The van der Waals surface area contributed by atoms with Crippen molar-refractivity contribution in [1.82, 2.24) is 0 Å². The molecule has 176 valence electrons. The molecule has 1 N–H and O–H groups in total. The minimum Gasteiger partial charge on any atom is -0.385 e. The Morgan fingerprint density at radius 1 is 1.18 bits per heavy atom. The minimum atomic E-state index is -0.768. The van der Waals surface area contributed by atoms with E-state index in [-0.39, 0.29) is 17.1 Å². The van der Waals surface area contributed by atoms with Gasteiger partial charge in [0.1, 0.15) is 0 Å². The van der Waals surface area contributed by atoms with E-state index < -0.39 is 5.60 Å². The number of hydrogen-bond acceptors (Lipinski definition) is 3. The number of halogens is 1. The van der Waals surface area contributed by atoms with E-state index in [1.165, 1.54) is 16.7 Å². The zero-order valence-electron chi connectivity index (χ0n) is 20.3. The molecular weight excluding hydrogens is 430 g/mol. The van der Waals surface area contributed by atoms with E-state index in [2.05, 4.69) is 30.0 Å². The van der Waals surface area contributed by atoms with Gasteiger partial charge in [-0.05, 0) is 92.2 Å². The molecule has 4 aliphatic carbocycles. The molecule has 0 heterocycles. The van der Waals surface area contributed by atoms with Crippen molar-refractivity contribution in [2.45, 2.75) is 70.3 Å². The molecule has 3 nitrogen and oxygen atoms in total. The summed E-state index contributed by atoms with van der Waals surface area (Å²) in [7, 11) is 4.06. The van der Waals surface area contributed by atoms with Crippen molar-refractivity contribution in [2.75, 3.05) is 19.0 Å². The third kappa shape index (κ3) is 3.46. The average Bonchev–Trinajstić information content (AvgIpc) is 3.03. The molecule has 5 rings (SSSR count). The maximum atomic E-state index is 12.2. The number of rotatable bonds is 3. The molecule has 0 radical (unpaired) electrons. The Hall–Kier alpha value is -1.84. The molecule has 0 amide bonds. The van der Waals surface area contributed by atoms with E-state index in [1.54, 1.807) is 5.57 Å². The van der Waals surface area contributed by atoms with Crippen molar-refractivity contribution in [3.63, 3.8) is 0 Å². The van der Waals surface area contributed by atoms with E-state index in [0.29, 0.717) is 18.3 Å². The first-order valence-corrected chi connectivity index (χ1v) is 12.9. The van der Waals surface area contributed by atoms with Gasteiger partial charge >= 0.3 is 0 Å². The minimum absolute atomic E-state index is 0.178. The van der Waals surface area contributed by atoms with Crippen LogP contribution in [0.25, 0.3) is 0 Å². The normalized spacial score (nSPS) is 35.9. The Kier molecular flexibility index (Phi) is 5.65. The van der Waals surface area contributed by atoms with Crippen molar-refractivity contribution in [3.05, 3.63) is 63.7 Å². The second kappa shape index (κ2) is 8.13. The quantitative estimate of drug-likeness (QED) is 0.510. The van der Waals surface area contributed by atoms with E-state index in [1.807, 2.05) is 39.2 Å². The van der Waals surface area contributed by atoms with Crippen molar-refractivity contribution in [3.8, 4) is 0 Å². The van der Waals surface area contributed by atoms with Crippen molar-refractivity contribution >= 4 is 23.1 Å². The molecule has 2 saturated carbocycles. The zero-order chi connectivity index (χ0) is 23.5. The fourth-order valence-electron chi connectivity index (χ4n) is 7.64. The topological polar surface area (TPSA) is 40.5 Å². The predicted octanol–water partition coefficient (Wildman–Crippen LogP) is 6.61. The van der Waals surface area contributed by atoms with Crippen LogP contribution in [0.15, 0.2) is 53.1 Å². The summed E-state index contributed by atoms with van der Waals surface area (Å²) in [5, 5.41) is 12.6. The molecule has 1 aromatic rings. The Balaban J connectivity index is 1.71. The van der Waals surface area contributed by atoms with Crippen LogP contribution < -0.4 is 4.90 Å². The molecule has 0 aromatic heterocycles. The van der Waals surface area contributed by atoms with Gasteiger partial charge in [-0.1, -0.05) is 42.3 Å². The van der Waals surface area contributed by atoms with Crippen LogP contribution in [0.5, 0.6) is 0 Å². The molecule has 5 atom stereocenters. The summed E-state index contributed by atoms with van der Waals surface area (Å²) < 4.78 is 0. The lowest BCUT2D eigenvalue weighted by atomic mass is 9.51. The molecule has 0 unspecified atom stereocenters. The van der Waals surface area contributed by atoms with Gasteiger partial charge in [-0.15, -0.1) is 0 Å². The lowest BCUT2D eigenvalue weighted by Gasteiger charge is -2.54. The van der Waals surface area contributed by atoms with Gasteiger partial charge in [-0.25, -0.2) is 0 Å². The molecule has 1 aromatic carbocycles. The molecular formula is C29H36ClNO2. The SMILES string of the molecule is CC=C[C@]1(O)CC[C@H]2[C@@H]3CCC4=CC(=O)CCC4=C3[C@@H](c3ccc(Cl)c(N(C)C)c3)C[C@@]21C. The molecule has 33 heavy (non-hydrogen) atoms. The fraction of sp³-hybridized carbons (Fsp3) is 0.552. The van der Waals surface area contributed by atoms with Gasteiger partial charge in [0.15, 0.2) is 5.78 Å². The number of aliphatic hydroxyl groups is 1. The van der Waals surface area contributed by atoms with Gasteiger partial charge < -0.3 is 10.0 Å². The second-order valence-electron chi connectivity index (χ2n) is 11.1. The van der Waals surface area contributed by atoms with Crippen molar-refractivity contribution in [1.29, 1.82) is 0 Å². The third-order valence-electron chi connectivity index (χ3n) is 9.25. The molecule has 0 bridgehead atoms. The van der Waals surface area contributed by atoms with Crippen LogP contribution in [0, 0.1) is 17.3 Å². The molecule has 0 saturated heterocycles. The van der Waals surface area contributed by atoms with E-state index in [4.69, 9.17) is 11.6 Å². The number of nitrogens with zero attached hydrogens (tertiary/aromatic N) is 1. The number of carbonyl (C=O) groups is 1. The standard InChI is InChI=1S/C29H36ClNO2/c1-5-13-29(33)14-12-24-22-9-6-18-15-20(32)8-10-21(18)27(22)23(17-28(24,29)2)19-7-11-25(30)26(16-19)31(3)4/h5,7,11,13,15-16,22-24,33H,6,8-10,12,14,17H2,1-4H3/t22-,23+,24-,28-,29-/m0/s1. The van der Waals surface area contributed by atoms with E-state index in [0.717, 1.165) is 49.2 Å². The first-order chi connectivity index (χ1) is 15.7. The van der Waals surface area contributed by atoms with Crippen LogP contribution in [-0.2, 0) is 4.79 Å². The fourth-order valence-corrected chi connectivity index (χ4v) is 7.92. The van der Waals surface area contributed by atoms with Crippen LogP contribution in [0.3, 0.4) is 0 Å². The van der Waals surface area contributed by atoms with Crippen LogP contribution in [0.2, 0.25) is 5.02 Å². The van der Waals surface area contributed by atoms with Crippen LogP contribution in [-0.4, -0.2) is 30.6 Å². The predicted molar refractivity (Wildman–Crippen MR) is 136 cm³/mol. The Morgan fingerprint density at radius 3 is 2.70 bits per heavy atom. The molecule has 4 heteroatoms. The highest BCUT2D eigenvalue weighted by Crippen LogP contribution is 2.67. The number of anilines is 1. The summed E-state index contributed by atoms with van der Waals surface area (Å²) in [5.41, 5.74) is 5.64. The third-order valence-corrected chi connectivity index (χ3v) is 9.57. The van der Waals surface area contributed by atoms with Gasteiger partial charge in [0, 0.05) is 31.8 Å². The summed E-state index contributed by atoms with van der Waals surface area (Å²) in [6, 6.07) is 6.46. The van der Waals surface area contributed by atoms with E-state index >= 15 is 0 Å². The van der Waals surface area contributed by atoms with Gasteiger partial charge in [0.25, 0.3) is 0 Å². The van der Waals surface area contributed by atoms with Crippen LogP contribution in [0.4, 0.5) is 5.69 Å². The van der Waals surface area contributed by atoms with Crippen LogP contribution >= 0.6 is 11.6 Å². The maximum Gasteiger partial charge on any atom is 0.156 e. The Bertz CT molecular complexity index is 1080. The number of fused-ring (bicyclic) bond motifs is 4. The smallest absolute Gasteiger partial charge is 0.156 e. The first kappa shape index (κ1) is 22.9. The summed E-state index contributed by atoms with van der Waals surface area (Å²) in [4.78, 5) is 14.3. The summed E-state index contributed by atoms with van der Waals surface area (Å²) in [6.45, 7) is 4.35. The van der Waals surface area contributed by atoms with Gasteiger partial charge in [0.05, 0.1) is 16.3 Å². The molecule has 2 fully saturated rings. The number of carbonyl (C=O) groups excluding carboxylic acids is 1. The van der Waals surface area contributed by atoms with Crippen molar-refractivity contribution < 1.29 is 9.90 Å². The monoisotopic (exact) mass is 465 g/mol. The van der Waals surface area contributed by atoms with Crippen molar-refractivity contribution in [2.24, 2.45) is 17.3 Å². The highest BCUT2D eigenvalue weighted by Gasteiger charge is 2.61. The zero-order valence-corrected chi connectivity index (χ0v) is 21.1.